The Kier molecular flexibility index (Phi) is 4.88. The third kappa shape index (κ3) is 3.99. The van der Waals surface area contributed by atoms with Gasteiger partial charge in [-0.05, 0) is 30.3 Å². The molecule has 0 aliphatic heterocycles. The Morgan fingerprint density at radius 2 is 2.00 bits per heavy atom. The molecule has 0 saturated heterocycles. The van der Waals surface area contributed by atoms with Crippen LogP contribution in [-0.2, 0) is 0 Å². The molecule has 24 heavy (non-hydrogen) atoms. The lowest BCUT2D eigenvalue weighted by atomic mass is 10.2. The number of hydrogen-bond donors (Lipinski definition) is 2. The second-order valence-corrected chi connectivity index (χ2v) is 5.04. The smallest absolute Gasteiger partial charge is 0.252 e. The summed E-state index contributed by atoms with van der Waals surface area (Å²) in [7, 11) is 0. The number of aromatic nitrogens is 1. The molecule has 6 nitrogen and oxygen atoms in total. The predicted molar refractivity (Wildman–Crippen MR) is 86.8 cm³/mol. The van der Waals surface area contributed by atoms with Gasteiger partial charge in [0.15, 0.2) is 0 Å². The minimum absolute atomic E-state index is 0.0502. The molecule has 0 saturated carbocycles. The molecule has 0 aliphatic carbocycles. The number of ether oxygens (including phenoxy) is 1. The van der Waals surface area contributed by atoms with Gasteiger partial charge in [0.05, 0.1) is 18.4 Å². The van der Waals surface area contributed by atoms with Gasteiger partial charge in [0, 0.05) is 12.3 Å². The first kappa shape index (κ1) is 15.8. The highest BCUT2D eigenvalue weighted by atomic mass is 16.5. The number of aliphatic hydroxyl groups is 1. The van der Waals surface area contributed by atoms with Crippen molar-refractivity contribution in [3.8, 4) is 11.6 Å². The summed E-state index contributed by atoms with van der Waals surface area (Å²) in [6, 6.07) is 15.8. The minimum Gasteiger partial charge on any atom is -0.467 e. The number of aliphatic hydroxyl groups excluding tert-OH is 1. The number of carbonyl (C=O) groups is 1. The van der Waals surface area contributed by atoms with Crippen LogP contribution >= 0.6 is 0 Å². The zero-order chi connectivity index (χ0) is 16.8. The molecular weight excluding hydrogens is 308 g/mol. The van der Waals surface area contributed by atoms with Crippen molar-refractivity contribution in [3.63, 3.8) is 0 Å². The zero-order valence-corrected chi connectivity index (χ0v) is 12.8. The maximum absolute atomic E-state index is 12.1. The van der Waals surface area contributed by atoms with Gasteiger partial charge in [0.1, 0.15) is 17.6 Å². The van der Waals surface area contributed by atoms with Crippen LogP contribution in [0, 0.1) is 0 Å². The standard InChI is InChI=1S/C18H16N2O4/c21-15(16-7-4-10-23-16)12-20-18(22)13-8-9-17(19-11-13)24-14-5-2-1-3-6-14/h1-11,15,21H,12H2,(H,20,22). The molecule has 0 aliphatic rings. The Bertz CT molecular complexity index is 771. The minimum atomic E-state index is -0.891. The summed E-state index contributed by atoms with van der Waals surface area (Å²) in [5, 5.41) is 12.5. The molecule has 1 atom stereocenters. The van der Waals surface area contributed by atoms with E-state index in [1.807, 2.05) is 30.3 Å². The van der Waals surface area contributed by atoms with E-state index >= 15 is 0 Å². The number of benzene rings is 1. The number of nitrogens with zero attached hydrogens (tertiary/aromatic N) is 1. The molecule has 0 bridgehead atoms. The molecule has 3 aromatic rings. The highest BCUT2D eigenvalue weighted by Gasteiger charge is 2.13. The van der Waals surface area contributed by atoms with Crippen LogP contribution in [0.3, 0.4) is 0 Å². The first-order valence-electron chi connectivity index (χ1n) is 7.41. The number of furan rings is 1. The van der Waals surface area contributed by atoms with Crippen molar-refractivity contribution in [2.75, 3.05) is 6.54 Å². The molecule has 0 radical (unpaired) electrons. The summed E-state index contributed by atoms with van der Waals surface area (Å²) < 4.78 is 10.6. The Morgan fingerprint density at radius 1 is 1.17 bits per heavy atom. The molecule has 1 amide bonds. The molecule has 122 valence electrons. The third-order valence-electron chi connectivity index (χ3n) is 3.29. The Morgan fingerprint density at radius 3 is 2.67 bits per heavy atom. The van der Waals surface area contributed by atoms with Crippen LogP contribution in [-0.4, -0.2) is 22.5 Å². The zero-order valence-electron chi connectivity index (χ0n) is 12.8. The normalized spacial score (nSPS) is 11.7. The molecule has 2 heterocycles. The van der Waals surface area contributed by atoms with E-state index in [1.54, 1.807) is 24.3 Å². The van der Waals surface area contributed by atoms with Gasteiger partial charge >= 0.3 is 0 Å². The SMILES string of the molecule is O=C(NCC(O)c1ccco1)c1ccc(Oc2ccccc2)nc1. The molecule has 1 aromatic carbocycles. The molecule has 0 fully saturated rings. The molecule has 2 aromatic heterocycles. The van der Waals surface area contributed by atoms with Gasteiger partial charge in [-0.15, -0.1) is 0 Å². The molecule has 1 unspecified atom stereocenters. The monoisotopic (exact) mass is 324 g/mol. The van der Waals surface area contributed by atoms with E-state index in [4.69, 9.17) is 9.15 Å². The Balaban J connectivity index is 1.56. The van der Waals surface area contributed by atoms with Crippen molar-refractivity contribution in [1.29, 1.82) is 0 Å². The largest absolute Gasteiger partial charge is 0.467 e. The lowest BCUT2D eigenvalue weighted by Gasteiger charge is -2.10. The number of nitrogens with one attached hydrogen (secondary N) is 1. The number of para-hydroxylation sites is 1. The van der Waals surface area contributed by atoms with Crippen LogP contribution in [0.2, 0.25) is 0 Å². The topological polar surface area (TPSA) is 84.6 Å². The average molecular weight is 324 g/mol. The van der Waals surface area contributed by atoms with Crippen molar-refractivity contribution in [2.45, 2.75) is 6.10 Å². The number of carbonyl (C=O) groups excluding carboxylic acids is 1. The van der Waals surface area contributed by atoms with Crippen molar-refractivity contribution in [2.24, 2.45) is 0 Å². The van der Waals surface area contributed by atoms with Gasteiger partial charge in [-0.25, -0.2) is 4.98 Å². The van der Waals surface area contributed by atoms with Crippen molar-refractivity contribution < 1.29 is 19.1 Å². The van der Waals surface area contributed by atoms with E-state index in [9.17, 15) is 9.90 Å². The van der Waals surface area contributed by atoms with Gasteiger partial charge in [0.2, 0.25) is 5.88 Å². The van der Waals surface area contributed by atoms with Gasteiger partial charge in [-0.1, -0.05) is 18.2 Å². The van der Waals surface area contributed by atoms with Crippen LogP contribution < -0.4 is 10.1 Å². The summed E-state index contributed by atoms with van der Waals surface area (Å²) >= 11 is 0. The Labute approximate surface area is 138 Å². The summed E-state index contributed by atoms with van der Waals surface area (Å²) in [4.78, 5) is 16.2. The fourth-order valence-electron chi connectivity index (χ4n) is 2.06. The van der Waals surface area contributed by atoms with Crippen molar-refractivity contribution in [1.82, 2.24) is 10.3 Å². The fourth-order valence-corrected chi connectivity index (χ4v) is 2.06. The quantitative estimate of drug-likeness (QED) is 0.728. The van der Waals surface area contributed by atoms with Crippen molar-refractivity contribution >= 4 is 5.91 Å². The van der Waals surface area contributed by atoms with Crippen LogP contribution in [0.4, 0.5) is 0 Å². The summed E-state index contributed by atoms with van der Waals surface area (Å²) in [6.07, 6.45) is 2.00. The van der Waals surface area contributed by atoms with Crippen LogP contribution in [0.15, 0.2) is 71.5 Å². The molecule has 2 N–H and O–H groups in total. The van der Waals surface area contributed by atoms with Gasteiger partial charge in [-0.3, -0.25) is 4.79 Å². The molecular formula is C18H16N2O4. The van der Waals surface area contributed by atoms with Gasteiger partial charge in [0.25, 0.3) is 5.91 Å². The van der Waals surface area contributed by atoms with Crippen LogP contribution in [0.25, 0.3) is 0 Å². The summed E-state index contributed by atoms with van der Waals surface area (Å²) in [6.45, 7) is 0.0502. The maximum Gasteiger partial charge on any atom is 0.252 e. The van der Waals surface area contributed by atoms with Crippen LogP contribution in [0.1, 0.15) is 22.2 Å². The second kappa shape index (κ2) is 7.43. The molecule has 3 rings (SSSR count). The molecule has 0 spiro atoms. The van der Waals surface area contributed by atoms with Crippen LogP contribution in [0.5, 0.6) is 11.6 Å². The number of pyridine rings is 1. The maximum atomic E-state index is 12.1. The average Bonchev–Trinajstić information content (AvgIpc) is 3.16. The summed E-state index contributed by atoms with van der Waals surface area (Å²) in [5.74, 6) is 1.14. The van der Waals surface area contributed by atoms with Gasteiger partial charge < -0.3 is 19.6 Å². The highest BCUT2D eigenvalue weighted by molar-refractivity contribution is 5.93. The fraction of sp³-hybridized carbons (Fsp3) is 0.111. The number of amides is 1. The van der Waals surface area contributed by atoms with Gasteiger partial charge in [-0.2, -0.15) is 0 Å². The first-order valence-corrected chi connectivity index (χ1v) is 7.41. The lowest BCUT2D eigenvalue weighted by molar-refractivity contribution is 0.0900. The second-order valence-electron chi connectivity index (χ2n) is 5.04. The first-order chi connectivity index (χ1) is 11.7. The summed E-state index contributed by atoms with van der Waals surface area (Å²) in [5.41, 5.74) is 0.377. The van der Waals surface area contributed by atoms with E-state index in [1.165, 1.54) is 12.5 Å². The van der Waals surface area contributed by atoms with E-state index in [-0.39, 0.29) is 12.5 Å². The van der Waals surface area contributed by atoms with E-state index < -0.39 is 6.10 Å². The third-order valence-corrected chi connectivity index (χ3v) is 3.29. The highest BCUT2D eigenvalue weighted by Crippen LogP contribution is 2.18. The predicted octanol–water partition coefficient (Wildman–Crippen LogP) is 2.93. The Hall–Kier alpha value is -3.12. The number of rotatable bonds is 6. The van der Waals surface area contributed by atoms with Crippen molar-refractivity contribution in [3.05, 3.63) is 78.4 Å². The number of hydrogen-bond acceptors (Lipinski definition) is 5. The lowest BCUT2D eigenvalue weighted by Crippen LogP contribution is -2.28. The van der Waals surface area contributed by atoms with E-state index in [0.29, 0.717) is 23.0 Å². The molecule has 6 heteroatoms. The van der Waals surface area contributed by atoms with E-state index in [0.717, 1.165) is 0 Å². The van der Waals surface area contributed by atoms with E-state index in [2.05, 4.69) is 10.3 Å².